The summed E-state index contributed by atoms with van der Waals surface area (Å²) in [4.78, 5) is 24.0. The van der Waals surface area contributed by atoms with E-state index in [2.05, 4.69) is 0 Å². The Kier molecular flexibility index (Phi) is 7.95. The number of anilines is 1. The van der Waals surface area contributed by atoms with Gasteiger partial charge in [0.25, 0.3) is 5.91 Å². The Hall–Kier alpha value is -2.31. The first-order chi connectivity index (χ1) is 14.4. The molecule has 0 saturated heterocycles. The van der Waals surface area contributed by atoms with E-state index in [9.17, 15) is 32.4 Å². The molecule has 2 aromatic carbocycles. The van der Waals surface area contributed by atoms with Crippen molar-refractivity contribution in [1.29, 1.82) is 0 Å². The first kappa shape index (κ1) is 25.0. The number of carbonyl (C=O) groups is 2. The molecule has 0 saturated carbocycles. The van der Waals surface area contributed by atoms with Gasteiger partial charge in [0.1, 0.15) is 6.61 Å². The molecule has 168 valence electrons. The van der Waals surface area contributed by atoms with E-state index in [4.69, 9.17) is 21.4 Å². The second-order valence-corrected chi connectivity index (χ2v) is 8.21. The number of benzene rings is 2. The SMILES string of the molecule is C[C@@](O)(C(=O)Nc1ccc([S+]([O-])c2ccc(C(=O)OCCO)cc2)cc1Cl)C(F)(F)F. The second kappa shape index (κ2) is 9.88. The second-order valence-electron chi connectivity index (χ2n) is 6.32. The van der Waals surface area contributed by atoms with Crippen molar-refractivity contribution in [3.8, 4) is 0 Å². The highest BCUT2D eigenvalue weighted by Crippen LogP contribution is 2.33. The predicted molar refractivity (Wildman–Crippen MR) is 105 cm³/mol. The van der Waals surface area contributed by atoms with Crippen molar-refractivity contribution in [2.24, 2.45) is 0 Å². The van der Waals surface area contributed by atoms with E-state index in [0.717, 1.165) is 6.07 Å². The zero-order valence-corrected chi connectivity index (χ0v) is 17.5. The number of carbonyl (C=O) groups excluding carboxylic acids is 2. The summed E-state index contributed by atoms with van der Waals surface area (Å²) in [6.07, 6.45) is -5.19. The molecule has 2 rings (SSSR count). The van der Waals surface area contributed by atoms with E-state index < -0.39 is 34.8 Å². The van der Waals surface area contributed by atoms with Gasteiger partial charge in [0.05, 0.1) is 22.9 Å². The van der Waals surface area contributed by atoms with Gasteiger partial charge in [-0.05, 0) is 43.3 Å². The van der Waals surface area contributed by atoms with Crippen molar-refractivity contribution in [2.75, 3.05) is 18.5 Å². The summed E-state index contributed by atoms with van der Waals surface area (Å²) in [5.74, 6) is -2.39. The Labute approximate surface area is 183 Å². The van der Waals surface area contributed by atoms with Gasteiger partial charge in [-0.25, -0.2) is 4.79 Å². The molecule has 7 nitrogen and oxygen atoms in total. The lowest BCUT2D eigenvalue weighted by Crippen LogP contribution is -2.52. The molecule has 0 radical (unpaired) electrons. The van der Waals surface area contributed by atoms with Crippen LogP contribution < -0.4 is 5.32 Å². The van der Waals surface area contributed by atoms with Crippen LogP contribution in [0, 0.1) is 0 Å². The van der Waals surface area contributed by atoms with Crippen molar-refractivity contribution in [3.63, 3.8) is 0 Å². The molecule has 31 heavy (non-hydrogen) atoms. The van der Waals surface area contributed by atoms with E-state index in [1.165, 1.54) is 36.4 Å². The van der Waals surface area contributed by atoms with Gasteiger partial charge in [-0.3, -0.25) is 4.79 Å². The fraction of sp³-hybridized carbons (Fsp3) is 0.263. The van der Waals surface area contributed by atoms with Crippen LogP contribution in [0.2, 0.25) is 5.02 Å². The number of alkyl halides is 3. The summed E-state index contributed by atoms with van der Waals surface area (Å²) in [5, 5.41) is 19.8. The topological polar surface area (TPSA) is 119 Å². The Morgan fingerprint density at radius 2 is 1.74 bits per heavy atom. The molecule has 2 atom stereocenters. The summed E-state index contributed by atoms with van der Waals surface area (Å²) in [6, 6.07) is 9.21. The molecule has 1 unspecified atom stereocenters. The van der Waals surface area contributed by atoms with Gasteiger partial charge < -0.3 is 24.8 Å². The largest absolute Gasteiger partial charge is 0.606 e. The summed E-state index contributed by atoms with van der Waals surface area (Å²) >= 11 is 4.24. The maximum absolute atomic E-state index is 12.8. The number of rotatable bonds is 7. The average molecular weight is 480 g/mol. The van der Waals surface area contributed by atoms with Crippen LogP contribution in [-0.2, 0) is 20.7 Å². The highest BCUT2D eigenvalue weighted by Gasteiger charge is 2.55. The number of amides is 1. The van der Waals surface area contributed by atoms with Crippen LogP contribution in [0.3, 0.4) is 0 Å². The van der Waals surface area contributed by atoms with Crippen LogP contribution in [0.25, 0.3) is 0 Å². The molecule has 0 aliphatic carbocycles. The van der Waals surface area contributed by atoms with Crippen LogP contribution in [-0.4, -0.2) is 51.6 Å². The number of hydrogen-bond acceptors (Lipinski definition) is 6. The van der Waals surface area contributed by atoms with Crippen LogP contribution in [0.4, 0.5) is 18.9 Å². The molecule has 3 N–H and O–H groups in total. The first-order valence-corrected chi connectivity index (χ1v) is 10.1. The van der Waals surface area contributed by atoms with Gasteiger partial charge in [-0.1, -0.05) is 11.6 Å². The molecule has 0 aliphatic heterocycles. The van der Waals surface area contributed by atoms with Crippen molar-refractivity contribution >= 4 is 40.3 Å². The fourth-order valence-electron chi connectivity index (χ4n) is 2.16. The molecule has 1 amide bonds. The number of aliphatic hydroxyl groups is 2. The van der Waals surface area contributed by atoms with Gasteiger partial charge in [0.15, 0.2) is 9.79 Å². The van der Waals surface area contributed by atoms with Crippen molar-refractivity contribution in [3.05, 3.63) is 53.1 Å². The zero-order chi connectivity index (χ0) is 23.4. The summed E-state index contributed by atoms with van der Waals surface area (Å²) in [5.41, 5.74) is -3.65. The highest BCUT2D eigenvalue weighted by atomic mass is 35.5. The van der Waals surface area contributed by atoms with E-state index in [1.54, 1.807) is 0 Å². The minimum Gasteiger partial charge on any atom is -0.606 e. The molecule has 0 fully saturated rings. The normalized spacial score (nSPS) is 14.5. The van der Waals surface area contributed by atoms with Crippen molar-refractivity contribution < 1.29 is 42.3 Å². The van der Waals surface area contributed by atoms with Crippen molar-refractivity contribution in [1.82, 2.24) is 0 Å². The quantitative estimate of drug-likeness (QED) is 0.415. The van der Waals surface area contributed by atoms with E-state index >= 15 is 0 Å². The number of nitrogens with one attached hydrogen (secondary N) is 1. The van der Waals surface area contributed by atoms with E-state index in [0.29, 0.717) is 11.8 Å². The lowest BCUT2D eigenvalue weighted by molar-refractivity contribution is -0.242. The first-order valence-electron chi connectivity index (χ1n) is 8.58. The fourth-order valence-corrected chi connectivity index (χ4v) is 3.52. The molecule has 0 bridgehead atoms. The third-order valence-corrected chi connectivity index (χ3v) is 5.72. The monoisotopic (exact) mass is 479 g/mol. The van der Waals surface area contributed by atoms with Crippen molar-refractivity contribution in [2.45, 2.75) is 28.5 Å². The lowest BCUT2D eigenvalue weighted by Gasteiger charge is -2.25. The Bertz CT molecular complexity index is 953. The Morgan fingerprint density at radius 1 is 1.16 bits per heavy atom. The van der Waals surface area contributed by atoms with Crippen LogP contribution >= 0.6 is 11.6 Å². The summed E-state index contributed by atoms with van der Waals surface area (Å²) in [6.45, 7) is -0.173. The molecular formula is C19H17ClF3NO6S. The summed E-state index contributed by atoms with van der Waals surface area (Å²) < 4.78 is 55.7. The maximum Gasteiger partial charge on any atom is 0.426 e. The minimum atomic E-state index is -5.19. The molecule has 12 heteroatoms. The van der Waals surface area contributed by atoms with Crippen LogP contribution in [0.15, 0.2) is 52.3 Å². The number of halogens is 4. The molecule has 2 aromatic rings. The molecule has 0 spiro atoms. The Morgan fingerprint density at radius 3 is 2.26 bits per heavy atom. The predicted octanol–water partition coefficient (Wildman–Crippen LogP) is 2.91. The highest BCUT2D eigenvalue weighted by molar-refractivity contribution is 7.91. The zero-order valence-electron chi connectivity index (χ0n) is 15.9. The molecule has 0 heterocycles. The van der Waals surface area contributed by atoms with Crippen LogP contribution in [0.5, 0.6) is 0 Å². The third-order valence-electron chi connectivity index (χ3n) is 4.03. The van der Waals surface area contributed by atoms with Gasteiger partial charge in [0, 0.05) is 17.2 Å². The number of hydrogen-bond donors (Lipinski definition) is 3. The standard InChI is InChI=1S/C19H17ClF3NO6S/c1-18(28,19(21,22)23)17(27)24-15-7-6-13(10-14(15)20)31(29)12-4-2-11(3-5-12)16(26)30-9-8-25/h2-7,10,25,28H,8-9H2,1H3,(H,24,27)/t18-,31?/m1/s1. The smallest absolute Gasteiger partial charge is 0.426 e. The number of aliphatic hydroxyl groups excluding tert-OH is 1. The Balaban J connectivity index is 2.15. The minimum absolute atomic E-state index is 0.160. The number of esters is 1. The maximum atomic E-state index is 12.8. The van der Waals surface area contributed by atoms with Gasteiger partial charge >= 0.3 is 12.1 Å². The van der Waals surface area contributed by atoms with Gasteiger partial charge in [0.2, 0.25) is 5.60 Å². The number of ether oxygens (including phenoxy) is 1. The van der Waals surface area contributed by atoms with E-state index in [1.807, 2.05) is 5.32 Å². The molecular weight excluding hydrogens is 463 g/mol. The lowest BCUT2D eigenvalue weighted by atomic mass is 10.1. The molecule has 0 aliphatic rings. The van der Waals surface area contributed by atoms with Gasteiger partial charge in [-0.15, -0.1) is 0 Å². The average Bonchev–Trinajstić information content (AvgIpc) is 2.72. The van der Waals surface area contributed by atoms with Gasteiger partial charge in [-0.2, -0.15) is 13.2 Å². The van der Waals surface area contributed by atoms with E-state index in [-0.39, 0.29) is 34.4 Å². The van der Waals surface area contributed by atoms with Crippen LogP contribution in [0.1, 0.15) is 17.3 Å². The third kappa shape index (κ3) is 5.89. The summed E-state index contributed by atoms with van der Waals surface area (Å²) in [7, 11) is 0. The molecule has 0 aromatic heterocycles.